The van der Waals surface area contributed by atoms with E-state index in [1.165, 1.54) is 17.0 Å². The lowest BCUT2D eigenvalue weighted by Crippen LogP contribution is -2.37. The van der Waals surface area contributed by atoms with Gasteiger partial charge >= 0.3 is 6.18 Å². The molecule has 3 aromatic rings. The topological polar surface area (TPSA) is 109 Å². The molecule has 0 radical (unpaired) electrons. The first-order valence-electron chi connectivity index (χ1n) is 10.1. The van der Waals surface area contributed by atoms with Crippen LogP contribution in [0.15, 0.2) is 53.1 Å². The second kappa shape index (κ2) is 9.43. The van der Waals surface area contributed by atoms with E-state index < -0.39 is 36.2 Å². The van der Waals surface area contributed by atoms with Crippen LogP contribution in [0.1, 0.15) is 23.9 Å². The lowest BCUT2D eigenvalue weighted by molar-refractivity contribution is -0.137. The van der Waals surface area contributed by atoms with Crippen molar-refractivity contribution in [2.24, 2.45) is 5.92 Å². The minimum absolute atomic E-state index is 0.00128. The summed E-state index contributed by atoms with van der Waals surface area (Å²) >= 11 is 5.87. The Balaban J connectivity index is 1.42. The number of carbonyl (C=O) groups is 2. The van der Waals surface area contributed by atoms with Crippen LogP contribution in [-0.2, 0) is 15.8 Å². The molecule has 2 amide bonds. The maximum atomic E-state index is 12.8. The molecule has 2 N–H and O–H groups in total. The summed E-state index contributed by atoms with van der Waals surface area (Å²) < 4.78 is 43.3. The van der Waals surface area contributed by atoms with E-state index in [4.69, 9.17) is 16.1 Å². The first-order chi connectivity index (χ1) is 16.2. The Morgan fingerprint density at radius 2 is 1.88 bits per heavy atom. The summed E-state index contributed by atoms with van der Waals surface area (Å²) in [6, 6.07) is 9.75. The number of amides is 2. The molecule has 2 heterocycles. The number of anilines is 1. The zero-order valence-electron chi connectivity index (χ0n) is 17.4. The minimum Gasteiger partial charge on any atom is -0.394 e. The molecule has 0 aliphatic carbocycles. The van der Waals surface area contributed by atoms with Gasteiger partial charge in [0.25, 0.3) is 5.89 Å². The van der Waals surface area contributed by atoms with Gasteiger partial charge in [-0.2, -0.15) is 18.2 Å². The summed E-state index contributed by atoms with van der Waals surface area (Å²) in [7, 11) is 0. The predicted molar refractivity (Wildman–Crippen MR) is 115 cm³/mol. The van der Waals surface area contributed by atoms with Gasteiger partial charge in [-0.05, 0) is 36.4 Å². The summed E-state index contributed by atoms with van der Waals surface area (Å²) in [6.45, 7) is -0.424. The minimum atomic E-state index is -4.47. The fourth-order valence-corrected chi connectivity index (χ4v) is 3.66. The van der Waals surface area contributed by atoms with Crippen LogP contribution in [-0.4, -0.2) is 40.2 Å². The lowest BCUT2D eigenvalue weighted by atomic mass is 10.1. The molecular formula is C22H18ClF3N4O4. The molecule has 0 saturated carbocycles. The average molecular weight is 495 g/mol. The molecule has 1 aromatic heterocycles. The largest absolute Gasteiger partial charge is 0.416 e. The van der Waals surface area contributed by atoms with Crippen LogP contribution in [0.25, 0.3) is 11.4 Å². The van der Waals surface area contributed by atoms with Crippen molar-refractivity contribution in [3.05, 3.63) is 65.0 Å². The van der Waals surface area contributed by atoms with Gasteiger partial charge in [-0.25, -0.2) is 0 Å². The number of hydrogen-bond acceptors (Lipinski definition) is 6. The number of hydrogen-bond donors (Lipinski definition) is 2. The van der Waals surface area contributed by atoms with Crippen molar-refractivity contribution in [1.82, 2.24) is 15.5 Å². The van der Waals surface area contributed by atoms with Gasteiger partial charge in [0.2, 0.25) is 17.6 Å². The Morgan fingerprint density at radius 3 is 2.50 bits per heavy atom. The number of nitrogens with one attached hydrogen (secondary N) is 1. The lowest BCUT2D eigenvalue weighted by Gasteiger charge is -2.18. The maximum absolute atomic E-state index is 12.8. The maximum Gasteiger partial charge on any atom is 0.416 e. The first kappa shape index (κ1) is 23.7. The van der Waals surface area contributed by atoms with Crippen LogP contribution in [0.4, 0.5) is 18.9 Å². The summed E-state index contributed by atoms with van der Waals surface area (Å²) in [4.78, 5) is 30.7. The quantitative estimate of drug-likeness (QED) is 0.542. The predicted octanol–water partition coefficient (Wildman–Crippen LogP) is 3.61. The third-order valence-corrected chi connectivity index (χ3v) is 5.60. The van der Waals surface area contributed by atoms with Crippen molar-refractivity contribution in [2.45, 2.75) is 18.6 Å². The van der Waals surface area contributed by atoms with Gasteiger partial charge in [-0.1, -0.05) is 28.9 Å². The van der Waals surface area contributed by atoms with Crippen molar-refractivity contribution in [2.75, 3.05) is 18.1 Å². The van der Waals surface area contributed by atoms with E-state index in [-0.39, 0.29) is 36.2 Å². The Morgan fingerprint density at radius 1 is 1.21 bits per heavy atom. The molecule has 1 unspecified atom stereocenters. The molecule has 2 atom stereocenters. The standard InChI is InChI=1S/C22H18ClF3N4O4/c23-15-5-7-16(8-6-15)30-10-13(9-18(30)32)20(33)27-17(11-31)21-28-19(29-34-21)12-1-3-14(4-2-12)22(24,25)26/h1-8,13,17,31H,9-11H2,(H,27,33)/t13?,17-/m0/s1. The number of halogens is 4. The number of alkyl halides is 3. The third-order valence-electron chi connectivity index (χ3n) is 5.34. The Labute approximate surface area is 196 Å². The van der Waals surface area contributed by atoms with Crippen LogP contribution in [0.5, 0.6) is 0 Å². The van der Waals surface area contributed by atoms with Crippen LogP contribution < -0.4 is 10.2 Å². The van der Waals surface area contributed by atoms with Gasteiger partial charge in [-0.15, -0.1) is 0 Å². The highest BCUT2D eigenvalue weighted by Crippen LogP contribution is 2.31. The first-order valence-corrected chi connectivity index (χ1v) is 10.5. The number of rotatable bonds is 6. The van der Waals surface area contributed by atoms with Crippen LogP contribution in [0, 0.1) is 5.92 Å². The summed E-state index contributed by atoms with van der Waals surface area (Å²) in [5.74, 6) is -1.51. The molecular weight excluding hydrogens is 477 g/mol. The van der Waals surface area contributed by atoms with Crippen molar-refractivity contribution in [3.8, 4) is 11.4 Å². The zero-order chi connectivity index (χ0) is 24.5. The summed E-state index contributed by atoms with van der Waals surface area (Å²) in [5, 5.41) is 16.6. The van der Waals surface area contributed by atoms with E-state index >= 15 is 0 Å². The van der Waals surface area contributed by atoms with Crippen LogP contribution in [0.3, 0.4) is 0 Å². The summed E-state index contributed by atoms with van der Waals surface area (Å²) in [5.41, 5.74) is 0.0618. The number of carbonyl (C=O) groups excluding carboxylic acids is 2. The van der Waals surface area contributed by atoms with E-state index in [1.807, 2.05) is 0 Å². The monoisotopic (exact) mass is 494 g/mol. The second-order valence-corrected chi connectivity index (χ2v) is 8.09. The number of aliphatic hydroxyl groups excluding tert-OH is 1. The molecule has 4 rings (SSSR count). The van der Waals surface area contributed by atoms with Crippen molar-refractivity contribution in [3.63, 3.8) is 0 Å². The van der Waals surface area contributed by atoms with Gasteiger partial charge in [0, 0.05) is 29.2 Å². The molecule has 178 valence electrons. The fraction of sp³-hybridized carbons (Fsp3) is 0.273. The van der Waals surface area contributed by atoms with Crippen LogP contribution >= 0.6 is 11.6 Å². The number of aliphatic hydroxyl groups is 1. The van der Waals surface area contributed by atoms with Gasteiger partial charge < -0.3 is 19.8 Å². The molecule has 2 aromatic carbocycles. The summed E-state index contributed by atoms with van der Waals surface area (Å²) in [6.07, 6.45) is -4.49. The number of nitrogens with zero attached hydrogens (tertiary/aromatic N) is 3. The van der Waals surface area contributed by atoms with Crippen molar-refractivity contribution >= 4 is 29.1 Å². The number of aromatic nitrogens is 2. The highest BCUT2D eigenvalue weighted by atomic mass is 35.5. The van der Waals surface area contributed by atoms with E-state index in [0.29, 0.717) is 10.7 Å². The van der Waals surface area contributed by atoms with Gasteiger partial charge in [0.05, 0.1) is 18.1 Å². The molecule has 1 aliphatic heterocycles. The number of benzene rings is 2. The molecule has 0 spiro atoms. The van der Waals surface area contributed by atoms with Gasteiger partial charge in [-0.3, -0.25) is 9.59 Å². The average Bonchev–Trinajstić information content (AvgIpc) is 3.45. The Kier molecular flexibility index (Phi) is 6.58. The second-order valence-electron chi connectivity index (χ2n) is 7.66. The van der Waals surface area contributed by atoms with Gasteiger partial charge in [0.1, 0.15) is 6.04 Å². The SMILES string of the molecule is O=C(N[C@@H](CO)c1nc(-c2ccc(C(F)(F)F)cc2)no1)C1CC(=O)N(c2ccc(Cl)cc2)C1. The molecule has 1 saturated heterocycles. The molecule has 1 aliphatic rings. The Bertz CT molecular complexity index is 1180. The van der Waals surface area contributed by atoms with E-state index in [0.717, 1.165) is 12.1 Å². The highest BCUT2D eigenvalue weighted by molar-refractivity contribution is 6.30. The van der Waals surface area contributed by atoms with E-state index in [1.54, 1.807) is 24.3 Å². The normalized spacial score (nSPS) is 17.1. The fourth-order valence-electron chi connectivity index (χ4n) is 3.53. The highest BCUT2D eigenvalue weighted by Gasteiger charge is 2.36. The van der Waals surface area contributed by atoms with E-state index in [2.05, 4.69) is 15.5 Å². The smallest absolute Gasteiger partial charge is 0.394 e. The molecule has 0 bridgehead atoms. The van der Waals surface area contributed by atoms with Crippen LogP contribution in [0.2, 0.25) is 5.02 Å². The van der Waals surface area contributed by atoms with Crippen molar-refractivity contribution < 1.29 is 32.4 Å². The van der Waals surface area contributed by atoms with Crippen molar-refractivity contribution in [1.29, 1.82) is 0 Å². The molecule has 1 fully saturated rings. The van der Waals surface area contributed by atoms with E-state index in [9.17, 15) is 27.9 Å². The molecule has 8 nitrogen and oxygen atoms in total. The van der Waals surface area contributed by atoms with Gasteiger partial charge in [0.15, 0.2) is 0 Å². The Hall–Kier alpha value is -3.44. The zero-order valence-corrected chi connectivity index (χ0v) is 18.2. The molecule has 34 heavy (non-hydrogen) atoms. The third kappa shape index (κ3) is 5.05. The molecule has 12 heteroatoms.